The summed E-state index contributed by atoms with van der Waals surface area (Å²) in [4.78, 5) is 8.93. The van der Waals surface area contributed by atoms with Gasteiger partial charge < -0.3 is 10.6 Å². The molecule has 0 radical (unpaired) electrons. The molecule has 0 bridgehead atoms. The minimum absolute atomic E-state index is 0.570. The van der Waals surface area contributed by atoms with E-state index in [2.05, 4.69) is 36.5 Å². The van der Waals surface area contributed by atoms with Gasteiger partial charge in [0.2, 0.25) is 5.95 Å². The van der Waals surface area contributed by atoms with E-state index in [1.54, 1.807) is 0 Å². The second-order valence-corrected chi connectivity index (χ2v) is 5.67. The Morgan fingerprint density at radius 2 is 1.59 bits per heavy atom. The first kappa shape index (κ1) is 14.5. The van der Waals surface area contributed by atoms with E-state index in [0.717, 1.165) is 27.4 Å². The van der Waals surface area contributed by atoms with Crippen molar-refractivity contribution >= 4 is 39.1 Å². The number of benzene rings is 2. The molecule has 0 aliphatic heterocycles. The first-order valence-corrected chi connectivity index (χ1v) is 7.69. The number of nitrogens with one attached hydrogen (secondary N) is 2. The van der Waals surface area contributed by atoms with Crippen LogP contribution >= 0.6 is 15.9 Å². The van der Waals surface area contributed by atoms with Crippen LogP contribution in [0.25, 0.3) is 0 Å². The average molecular weight is 355 g/mol. The van der Waals surface area contributed by atoms with E-state index in [9.17, 15) is 0 Å². The third-order valence-corrected chi connectivity index (χ3v) is 3.71. The molecule has 1 aromatic heterocycles. The molecule has 0 amide bonds. The van der Waals surface area contributed by atoms with Crippen molar-refractivity contribution in [3.63, 3.8) is 0 Å². The Hall–Kier alpha value is -2.40. The molecule has 0 fully saturated rings. The number of rotatable bonds is 4. The summed E-state index contributed by atoms with van der Waals surface area (Å²) in [7, 11) is 0. The van der Waals surface area contributed by atoms with Crippen LogP contribution in [0.2, 0.25) is 0 Å². The van der Waals surface area contributed by atoms with E-state index >= 15 is 0 Å². The van der Waals surface area contributed by atoms with Crippen molar-refractivity contribution in [1.29, 1.82) is 0 Å². The van der Waals surface area contributed by atoms with Crippen LogP contribution < -0.4 is 10.6 Å². The zero-order valence-corrected chi connectivity index (χ0v) is 13.6. The molecule has 2 N–H and O–H groups in total. The standard InChI is InChI=1S/C17H15BrN4/c1-12-11-16(21-15-10-6-5-9-14(15)18)22-17(19-12)20-13-7-3-2-4-8-13/h2-11H,1H3,(H2,19,20,21,22). The largest absolute Gasteiger partial charge is 0.339 e. The van der Waals surface area contributed by atoms with Crippen LogP contribution in [-0.2, 0) is 0 Å². The number of aryl methyl sites for hydroxylation is 1. The van der Waals surface area contributed by atoms with Crippen LogP contribution in [-0.4, -0.2) is 9.97 Å². The molecule has 3 rings (SSSR count). The maximum absolute atomic E-state index is 4.51. The monoisotopic (exact) mass is 354 g/mol. The van der Waals surface area contributed by atoms with Crippen LogP contribution in [0.4, 0.5) is 23.1 Å². The molecule has 5 heteroatoms. The summed E-state index contributed by atoms with van der Waals surface area (Å²) in [6, 6.07) is 19.7. The summed E-state index contributed by atoms with van der Waals surface area (Å²) in [6.07, 6.45) is 0. The maximum Gasteiger partial charge on any atom is 0.229 e. The van der Waals surface area contributed by atoms with Crippen molar-refractivity contribution < 1.29 is 0 Å². The summed E-state index contributed by atoms with van der Waals surface area (Å²) >= 11 is 3.52. The molecule has 22 heavy (non-hydrogen) atoms. The van der Waals surface area contributed by atoms with Gasteiger partial charge in [-0.1, -0.05) is 30.3 Å². The van der Waals surface area contributed by atoms with Gasteiger partial charge in [-0.25, -0.2) is 4.98 Å². The maximum atomic E-state index is 4.51. The lowest BCUT2D eigenvalue weighted by Crippen LogP contribution is -2.02. The molecule has 4 nitrogen and oxygen atoms in total. The van der Waals surface area contributed by atoms with Crippen molar-refractivity contribution in [2.24, 2.45) is 0 Å². The number of hydrogen-bond acceptors (Lipinski definition) is 4. The van der Waals surface area contributed by atoms with Gasteiger partial charge in [0, 0.05) is 21.9 Å². The number of para-hydroxylation sites is 2. The Bertz CT molecular complexity index is 775. The Kier molecular flexibility index (Phi) is 4.34. The van der Waals surface area contributed by atoms with E-state index in [4.69, 9.17) is 0 Å². The molecule has 2 aromatic carbocycles. The summed E-state index contributed by atoms with van der Waals surface area (Å²) < 4.78 is 0.990. The Morgan fingerprint density at radius 3 is 2.36 bits per heavy atom. The van der Waals surface area contributed by atoms with Gasteiger partial charge >= 0.3 is 0 Å². The summed E-state index contributed by atoms with van der Waals surface area (Å²) in [5.74, 6) is 1.32. The molecule has 3 aromatic rings. The van der Waals surface area contributed by atoms with Crippen molar-refractivity contribution in [2.75, 3.05) is 10.6 Å². The molecule has 1 heterocycles. The summed E-state index contributed by atoms with van der Waals surface area (Å²) in [6.45, 7) is 1.95. The van der Waals surface area contributed by atoms with E-state index in [1.807, 2.05) is 67.6 Å². The molecule has 110 valence electrons. The van der Waals surface area contributed by atoms with Gasteiger partial charge in [0.25, 0.3) is 0 Å². The van der Waals surface area contributed by atoms with Crippen LogP contribution in [0.15, 0.2) is 65.1 Å². The van der Waals surface area contributed by atoms with Crippen molar-refractivity contribution in [1.82, 2.24) is 9.97 Å². The predicted molar refractivity (Wildman–Crippen MR) is 93.9 cm³/mol. The highest BCUT2D eigenvalue weighted by Gasteiger charge is 2.05. The zero-order chi connectivity index (χ0) is 15.4. The lowest BCUT2D eigenvalue weighted by atomic mass is 10.3. The highest BCUT2D eigenvalue weighted by Crippen LogP contribution is 2.25. The van der Waals surface area contributed by atoms with Crippen LogP contribution in [0.1, 0.15) is 5.69 Å². The Balaban J connectivity index is 1.85. The molecule has 0 saturated carbocycles. The van der Waals surface area contributed by atoms with E-state index in [1.165, 1.54) is 0 Å². The average Bonchev–Trinajstić information content (AvgIpc) is 2.50. The number of halogens is 1. The highest BCUT2D eigenvalue weighted by atomic mass is 79.9. The van der Waals surface area contributed by atoms with Crippen LogP contribution in [0.3, 0.4) is 0 Å². The molecule has 0 aliphatic rings. The van der Waals surface area contributed by atoms with E-state index < -0.39 is 0 Å². The number of hydrogen-bond donors (Lipinski definition) is 2. The smallest absolute Gasteiger partial charge is 0.229 e. The summed E-state index contributed by atoms with van der Waals surface area (Å²) in [5.41, 5.74) is 2.81. The van der Waals surface area contributed by atoms with E-state index in [0.29, 0.717) is 5.95 Å². The first-order chi connectivity index (χ1) is 10.7. The van der Waals surface area contributed by atoms with E-state index in [-0.39, 0.29) is 0 Å². The second-order valence-electron chi connectivity index (χ2n) is 4.81. The molecule has 0 unspecified atom stereocenters. The number of anilines is 4. The fourth-order valence-corrected chi connectivity index (χ4v) is 2.42. The SMILES string of the molecule is Cc1cc(Nc2ccccc2Br)nc(Nc2ccccc2)n1. The van der Waals surface area contributed by atoms with Gasteiger partial charge in [0.05, 0.1) is 5.69 Å². The fraction of sp³-hybridized carbons (Fsp3) is 0.0588. The zero-order valence-electron chi connectivity index (χ0n) is 12.0. The third-order valence-electron chi connectivity index (χ3n) is 3.02. The minimum atomic E-state index is 0.570. The van der Waals surface area contributed by atoms with Gasteiger partial charge in [0.15, 0.2) is 0 Å². The lowest BCUT2D eigenvalue weighted by molar-refractivity contribution is 1.11. The molecular formula is C17H15BrN4. The molecule has 0 saturated heterocycles. The molecule has 0 spiro atoms. The van der Waals surface area contributed by atoms with Crippen LogP contribution in [0.5, 0.6) is 0 Å². The van der Waals surface area contributed by atoms with Gasteiger partial charge in [-0.2, -0.15) is 4.98 Å². The Labute approximate surface area is 137 Å². The Morgan fingerprint density at radius 1 is 0.864 bits per heavy atom. The third kappa shape index (κ3) is 3.62. The van der Waals surface area contributed by atoms with Gasteiger partial charge in [-0.15, -0.1) is 0 Å². The topological polar surface area (TPSA) is 49.8 Å². The molecule has 0 atom stereocenters. The van der Waals surface area contributed by atoms with Crippen molar-refractivity contribution in [3.8, 4) is 0 Å². The van der Waals surface area contributed by atoms with Gasteiger partial charge in [-0.3, -0.25) is 0 Å². The predicted octanol–water partition coefficient (Wildman–Crippen LogP) is 5.03. The normalized spacial score (nSPS) is 10.3. The molecular weight excluding hydrogens is 340 g/mol. The van der Waals surface area contributed by atoms with Gasteiger partial charge in [-0.05, 0) is 47.1 Å². The number of nitrogens with zero attached hydrogens (tertiary/aromatic N) is 2. The molecule has 0 aliphatic carbocycles. The second kappa shape index (κ2) is 6.58. The summed E-state index contributed by atoms with van der Waals surface area (Å²) in [5, 5.41) is 6.51. The quantitative estimate of drug-likeness (QED) is 0.689. The fourth-order valence-electron chi connectivity index (χ4n) is 2.04. The van der Waals surface area contributed by atoms with Crippen LogP contribution in [0, 0.1) is 6.92 Å². The van der Waals surface area contributed by atoms with Crippen molar-refractivity contribution in [2.45, 2.75) is 6.92 Å². The van der Waals surface area contributed by atoms with Crippen molar-refractivity contribution in [3.05, 3.63) is 70.8 Å². The number of aromatic nitrogens is 2. The minimum Gasteiger partial charge on any atom is -0.339 e. The van der Waals surface area contributed by atoms with Gasteiger partial charge in [0.1, 0.15) is 5.82 Å². The highest BCUT2D eigenvalue weighted by molar-refractivity contribution is 9.10. The lowest BCUT2D eigenvalue weighted by Gasteiger charge is -2.11. The first-order valence-electron chi connectivity index (χ1n) is 6.90.